The molecule has 5 heteroatoms. The summed E-state index contributed by atoms with van der Waals surface area (Å²) in [4.78, 5) is 8.48. The van der Waals surface area contributed by atoms with Crippen LogP contribution in [0.2, 0.25) is 0 Å². The number of hydrogen-bond acceptors (Lipinski definition) is 4. The van der Waals surface area contributed by atoms with Gasteiger partial charge in [-0.15, -0.1) is 0 Å². The van der Waals surface area contributed by atoms with E-state index in [4.69, 9.17) is 5.73 Å². The number of aromatic nitrogens is 4. The van der Waals surface area contributed by atoms with Gasteiger partial charge in [0.2, 0.25) is 0 Å². The predicted molar refractivity (Wildman–Crippen MR) is 57.2 cm³/mol. The van der Waals surface area contributed by atoms with Crippen molar-refractivity contribution in [1.29, 1.82) is 0 Å². The second-order valence-corrected chi connectivity index (χ2v) is 3.48. The average Bonchev–Trinajstić information content (AvgIpc) is 2.45. The van der Waals surface area contributed by atoms with Gasteiger partial charge in [0.25, 0.3) is 0 Å². The molecular formula is C10H13N5. The van der Waals surface area contributed by atoms with E-state index in [9.17, 15) is 0 Å². The van der Waals surface area contributed by atoms with Crippen LogP contribution in [0, 0.1) is 13.8 Å². The van der Waals surface area contributed by atoms with Crippen LogP contribution in [-0.2, 0) is 6.54 Å². The van der Waals surface area contributed by atoms with Crippen molar-refractivity contribution < 1.29 is 0 Å². The number of nitrogens with two attached hydrogens (primary N) is 1. The Morgan fingerprint density at radius 2 is 2.20 bits per heavy atom. The number of aryl methyl sites for hydroxylation is 2. The first kappa shape index (κ1) is 9.64. The Bertz CT molecular complexity index is 474. The van der Waals surface area contributed by atoms with Gasteiger partial charge in [-0.05, 0) is 19.9 Å². The van der Waals surface area contributed by atoms with Crippen LogP contribution in [0.5, 0.6) is 0 Å². The van der Waals surface area contributed by atoms with Crippen LogP contribution in [0.15, 0.2) is 18.3 Å². The van der Waals surface area contributed by atoms with Gasteiger partial charge in [-0.25, -0.2) is 9.97 Å². The minimum absolute atomic E-state index is 0.528. The van der Waals surface area contributed by atoms with Crippen LogP contribution in [-0.4, -0.2) is 19.7 Å². The van der Waals surface area contributed by atoms with Crippen molar-refractivity contribution >= 4 is 5.82 Å². The molecule has 2 aromatic rings. The fourth-order valence-electron chi connectivity index (χ4n) is 1.41. The van der Waals surface area contributed by atoms with E-state index in [2.05, 4.69) is 15.1 Å². The largest absolute Gasteiger partial charge is 0.382 e. The molecule has 5 nitrogen and oxygen atoms in total. The molecule has 0 aromatic carbocycles. The topological polar surface area (TPSA) is 69.6 Å². The van der Waals surface area contributed by atoms with Crippen LogP contribution >= 0.6 is 0 Å². The zero-order valence-corrected chi connectivity index (χ0v) is 8.81. The second kappa shape index (κ2) is 3.68. The molecule has 0 aliphatic rings. The molecule has 0 aliphatic carbocycles. The number of anilines is 1. The third-order valence-corrected chi connectivity index (χ3v) is 2.14. The van der Waals surface area contributed by atoms with Gasteiger partial charge in [0.05, 0.1) is 0 Å². The Labute approximate surface area is 88.0 Å². The quantitative estimate of drug-likeness (QED) is 0.788. The van der Waals surface area contributed by atoms with E-state index in [-0.39, 0.29) is 0 Å². The number of hydrogen-bond donors (Lipinski definition) is 1. The Morgan fingerprint density at radius 1 is 1.40 bits per heavy atom. The smallest absolute Gasteiger partial charge is 0.149 e. The van der Waals surface area contributed by atoms with Crippen molar-refractivity contribution in [3.05, 3.63) is 35.5 Å². The number of rotatable bonds is 2. The zero-order valence-electron chi connectivity index (χ0n) is 8.81. The molecule has 2 heterocycles. The molecule has 2 aromatic heterocycles. The maximum Gasteiger partial charge on any atom is 0.149 e. The molecule has 78 valence electrons. The lowest BCUT2D eigenvalue weighted by molar-refractivity contribution is 0.637. The van der Waals surface area contributed by atoms with E-state index in [1.165, 1.54) is 0 Å². The number of nitrogen functional groups attached to an aromatic ring is 1. The van der Waals surface area contributed by atoms with Gasteiger partial charge in [-0.3, -0.25) is 4.68 Å². The van der Waals surface area contributed by atoms with Gasteiger partial charge in [0, 0.05) is 23.7 Å². The first-order valence-corrected chi connectivity index (χ1v) is 4.73. The summed E-state index contributed by atoms with van der Waals surface area (Å²) in [6.45, 7) is 4.46. The van der Waals surface area contributed by atoms with Crippen LogP contribution in [0.3, 0.4) is 0 Å². The highest BCUT2D eigenvalue weighted by Crippen LogP contribution is 2.06. The molecule has 15 heavy (non-hydrogen) atoms. The molecule has 2 rings (SSSR count). The normalized spacial score (nSPS) is 10.5. The monoisotopic (exact) mass is 203 g/mol. The summed E-state index contributed by atoms with van der Waals surface area (Å²) in [5, 5.41) is 4.15. The maximum absolute atomic E-state index is 5.59. The molecule has 0 saturated heterocycles. The fraction of sp³-hybridized carbons (Fsp3) is 0.300. The minimum Gasteiger partial charge on any atom is -0.382 e. The van der Waals surface area contributed by atoms with E-state index < -0.39 is 0 Å². The van der Waals surface area contributed by atoms with Crippen molar-refractivity contribution in [1.82, 2.24) is 19.7 Å². The van der Waals surface area contributed by atoms with Crippen molar-refractivity contribution in [2.75, 3.05) is 5.73 Å². The van der Waals surface area contributed by atoms with Crippen molar-refractivity contribution in [2.45, 2.75) is 20.4 Å². The molecule has 0 unspecified atom stereocenters. The molecule has 0 spiro atoms. The summed E-state index contributed by atoms with van der Waals surface area (Å²) in [6, 6.07) is 3.70. The first-order valence-electron chi connectivity index (χ1n) is 4.73. The van der Waals surface area contributed by atoms with Crippen molar-refractivity contribution in [3.8, 4) is 0 Å². The Kier molecular flexibility index (Phi) is 2.37. The lowest BCUT2D eigenvalue weighted by atomic mass is 10.4. The first-order chi connectivity index (χ1) is 7.15. The summed E-state index contributed by atoms with van der Waals surface area (Å²) in [5.41, 5.74) is 7.56. The summed E-state index contributed by atoms with van der Waals surface area (Å²) in [7, 11) is 0. The Balaban J connectivity index is 2.25. The van der Waals surface area contributed by atoms with Crippen LogP contribution in [0.4, 0.5) is 5.82 Å². The second-order valence-electron chi connectivity index (χ2n) is 3.48. The van der Waals surface area contributed by atoms with Gasteiger partial charge in [-0.1, -0.05) is 0 Å². The molecule has 0 amide bonds. The van der Waals surface area contributed by atoms with Gasteiger partial charge >= 0.3 is 0 Å². The Hall–Kier alpha value is -1.91. The molecule has 0 atom stereocenters. The lowest BCUT2D eigenvalue weighted by Gasteiger charge is -2.03. The van der Waals surface area contributed by atoms with Gasteiger partial charge in [0.15, 0.2) is 0 Å². The highest BCUT2D eigenvalue weighted by molar-refractivity contribution is 5.28. The molecule has 2 N–H and O–H groups in total. The molecule has 0 aliphatic heterocycles. The summed E-state index contributed by atoms with van der Waals surface area (Å²) < 4.78 is 1.80. The SMILES string of the molecule is Cc1ccnc(Cn2nc(N)cc2C)n1. The maximum atomic E-state index is 5.59. The predicted octanol–water partition coefficient (Wildman–Crippen LogP) is 0.920. The summed E-state index contributed by atoms with van der Waals surface area (Å²) in [6.07, 6.45) is 1.75. The molecule has 0 saturated carbocycles. The summed E-state index contributed by atoms with van der Waals surface area (Å²) >= 11 is 0. The molecule has 0 fully saturated rings. The summed E-state index contributed by atoms with van der Waals surface area (Å²) in [5.74, 6) is 1.28. The highest BCUT2D eigenvalue weighted by Gasteiger charge is 2.03. The van der Waals surface area contributed by atoms with Crippen molar-refractivity contribution in [2.24, 2.45) is 0 Å². The standard InChI is InChI=1S/C10H13N5/c1-7-3-4-12-10(13-7)6-15-8(2)5-9(11)14-15/h3-5H,6H2,1-2H3,(H2,11,14). The van der Waals surface area contributed by atoms with Crippen LogP contribution in [0.1, 0.15) is 17.2 Å². The molecule has 0 radical (unpaired) electrons. The Morgan fingerprint density at radius 3 is 2.80 bits per heavy atom. The van der Waals surface area contributed by atoms with Crippen molar-refractivity contribution in [3.63, 3.8) is 0 Å². The van der Waals surface area contributed by atoms with E-state index in [0.717, 1.165) is 17.2 Å². The zero-order chi connectivity index (χ0) is 10.8. The van der Waals surface area contributed by atoms with E-state index >= 15 is 0 Å². The van der Waals surface area contributed by atoms with Gasteiger partial charge < -0.3 is 5.73 Å². The van der Waals surface area contributed by atoms with Gasteiger partial charge in [-0.2, -0.15) is 5.10 Å². The van der Waals surface area contributed by atoms with Gasteiger partial charge in [0.1, 0.15) is 18.2 Å². The van der Waals surface area contributed by atoms with Crippen LogP contribution < -0.4 is 5.73 Å². The van der Waals surface area contributed by atoms with Crippen LogP contribution in [0.25, 0.3) is 0 Å². The molecule has 0 bridgehead atoms. The fourth-order valence-corrected chi connectivity index (χ4v) is 1.41. The van der Waals surface area contributed by atoms with E-state index in [1.54, 1.807) is 10.9 Å². The van der Waals surface area contributed by atoms with E-state index in [0.29, 0.717) is 12.4 Å². The van der Waals surface area contributed by atoms with E-state index in [1.807, 2.05) is 26.0 Å². The minimum atomic E-state index is 0.528. The highest BCUT2D eigenvalue weighted by atomic mass is 15.3. The molecular weight excluding hydrogens is 190 g/mol. The number of nitrogens with zero attached hydrogens (tertiary/aromatic N) is 4. The third-order valence-electron chi connectivity index (χ3n) is 2.14. The lowest BCUT2D eigenvalue weighted by Crippen LogP contribution is -2.08. The average molecular weight is 203 g/mol. The third kappa shape index (κ3) is 2.12.